The summed E-state index contributed by atoms with van der Waals surface area (Å²) in [6, 6.07) is 3.94. The van der Waals surface area contributed by atoms with Gasteiger partial charge >= 0.3 is 0 Å². The fraction of sp³-hybridized carbons (Fsp3) is 0.364. The van der Waals surface area contributed by atoms with Gasteiger partial charge in [0, 0.05) is 4.88 Å². The molecule has 8 nitrogen and oxygen atoms in total. The Kier molecular flexibility index (Phi) is 5.77. The van der Waals surface area contributed by atoms with E-state index in [2.05, 4.69) is 22.4 Å². The van der Waals surface area contributed by atoms with Crippen molar-refractivity contribution in [3.63, 3.8) is 0 Å². The van der Waals surface area contributed by atoms with Crippen molar-refractivity contribution in [2.24, 2.45) is 11.0 Å². The number of aromatic hydroxyl groups is 1. The SMILES string of the molecule is COc1cc(C=NNC(=O)[C@H](C)n2cnc3sc4c(c3c2=O)CC[C@H](C)C4)ccc1O. The van der Waals surface area contributed by atoms with Gasteiger partial charge in [0.15, 0.2) is 11.5 Å². The van der Waals surface area contributed by atoms with E-state index in [1.807, 2.05) is 0 Å². The summed E-state index contributed by atoms with van der Waals surface area (Å²) in [7, 11) is 1.45. The molecule has 0 aliphatic heterocycles. The molecule has 0 saturated heterocycles. The molecule has 1 aliphatic rings. The fourth-order valence-corrected chi connectivity index (χ4v) is 5.13. The number of thiophene rings is 1. The van der Waals surface area contributed by atoms with Crippen molar-refractivity contribution in [3.8, 4) is 11.5 Å². The van der Waals surface area contributed by atoms with Crippen molar-refractivity contribution in [2.45, 2.75) is 39.2 Å². The molecule has 3 aromatic rings. The zero-order valence-electron chi connectivity index (χ0n) is 17.6. The normalized spacial score (nSPS) is 16.9. The van der Waals surface area contributed by atoms with Crippen LogP contribution < -0.4 is 15.7 Å². The Hall–Kier alpha value is -3.20. The first-order chi connectivity index (χ1) is 14.9. The van der Waals surface area contributed by atoms with E-state index < -0.39 is 11.9 Å². The highest BCUT2D eigenvalue weighted by atomic mass is 32.1. The van der Waals surface area contributed by atoms with Gasteiger partial charge in [-0.2, -0.15) is 5.10 Å². The Bertz CT molecular complexity index is 1230. The van der Waals surface area contributed by atoms with Crippen LogP contribution >= 0.6 is 11.3 Å². The lowest BCUT2D eigenvalue weighted by Gasteiger charge is -2.18. The molecule has 162 valence electrons. The van der Waals surface area contributed by atoms with Crippen LogP contribution in [-0.2, 0) is 17.6 Å². The first-order valence-corrected chi connectivity index (χ1v) is 10.9. The Balaban J connectivity index is 1.54. The van der Waals surface area contributed by atoms with Crippen LogP contribution in [0.4, 0.5) is 0 Å². The van der Waals surface area contributed by atoms with Crippen molar-refractivity contribution < 1.29 is 14.6 Å². The largest absolute Gasteiger partial charge is 0.504 e. The number of hydrogen-bond acceptors (Lipinski definition) is 7. The highest BCUT2D eigenvalue weighted by molar-refractivity contribution is 7.18. The van der Waals surface area contributed by atoms with Gasteiger partial charge in [-0.1, -0.05) is 6.92 Å². The molecule has 1 aliphatic carbocycles. The molecule has 1 aromatic carbocycles. The van der Waals surface area contributed by atoms with Gasteiger partial charge in [-0.15, -0.1) is 11.3 Å². The minimum atomic E-state index is -0.769. The fourth-order valence-electron chi connectivity index (χ4n) is 3.78. The summed E-state index contributed by atoms with van der Waals surface area (Å²) in [4.78, 5) is 32.2. The van der Waals surface area contributed by atoms with E-state index in [4.69, 9.17) is 4.74 Å². The molecule has 1 amide bonds. The lowest BCUT2D eigenvalue weighted by atomic mass is 9.89. The van der Waals surface area contributed by atoms with Crippen LogP contribution in [0.2, 0.25) is 0 Å². The number of phenols is 1. The molecule has 9 heteroatoms. The quantitative estimate of drug-likeness (QED) is 0.469. The molecule has 0 radical (unpaired) electrons. The second-order valence-corrected chi connectivity index (χ2v) is 8.91. The van der Waals surface area contributed by atoms with E-state index in [9.17, 15) is 14.7 Å². The molecule has 0 spiro atoms. The summed E-state index contributed by atoms with van der Waals surface area (Å²) in [5.74, 6) is 0.509. The van der Waals surface area contributed by atoms with E-state index >= 15 is 0 Å². The molecule has 0 unspecified atom stereocenters. The predicted octanol–water partition coefficient (Wildman–Crippen LogP) is 3.01. The predicted molar refractivity (Wildman–Crippen MR) is 120 cm³/mol. The van der Waals surface area contributed by atoms with Crippen LogP contribution in [-0.4, -0.2) is 33.9 Å². The van der Waals surface area contributed by atoms with Crippen molar-refractivity contribution in [1.82, 2.24) is 15.0 Å². The molecular formula is C22H24N4O4S. The summed E-state index contributed by atoms with van der Waals surface area (Å²) in [5, 5.41) is 14.2. The van der Waals surface area contributed by atoms with Crippen LogP contribution in [0.5, 0.6) is 11.5 Å². The number of rotatable bonds is 5. The van der Waals surface area contributed by atoms with Crippen LogP contribution in [0.3, 0.4) is 0 Å². The highest BCUT2D eigenvalue weighted by Gasteiger charge is 2.25. The number of carbonyl (C=O) groups excluding carboxylic acids is 1. The number of ether oxygens (including phenoxy) is 1. The van der Waals surface area contributed by atoms with Gasteiger partial charge in [0.1, 0.15) is 10.9 Å². The number of aryl methyl sites for hydroxylation is 1. The van der Waals surface area contributed by atoms with Gasteiger partial charge in [-0.3, -0.25) is 14.2 Å². The van der Waals surface area contributed by atoms with Crippen LogP contribution in [0, 0.1) is 5.92 Å². The molecule has 2 aromatic heterocycles. The minimum Gasteiger partial charge on any atom is -0.504 e. The van der Waals surface area contributed by atoms with Crippen molar-refractivity contribution in [1.29, 1.82) is 0 Å². The molecule has 2 N–H and O–H groups in total. The summed E-state index contributed by atoms with van der Waals surface area (Å²) >= 11 is 1.59. The van der Waals surface area contributed by atoms with Gasteiger partial charge in [-0.25, -0.2) is 10.4 Å². The van der Waals surface area contributed by atoms with E-state index in [1.54, 1.807) is 30.4 Å². The maximum Gasteiger partial charge on any atom is 0.263 e. The number of hydrazone groups is 1. The Morgan fingerprint density at radius 3 is 3.06 bits per heavy atom. The summed E-state index contributed by atoms with van der Waals surface area (Å²) < 4.78 is 6.42. The molecular weight excluding hydrogens is 416 g/mol. The van der Waals surface area contributed by atoms with E-state index in [0.29, 0.717) is 22.6 Å². The van der Waals surface area contributed by atoms with Crippen molar-refractivity contribution in [2.75, 3.05) is 7.11 Å². The van der Waals surface area contributed by atoms with Crippen molar-refractivity contribution >= 4 is 33.7 Å². The third-order valence-corrected chi connectivity index (χ3v) is 6.79. The standard InChI is InChI=1S/C22H24N4O4S/c1-12-4-6-15-18(8-12)31-21-19(15)22(29)26(11-23-21)13(2)20(28)25-24-10-14-5-7-16(27)17(9-14)30-3/h5,7,9-13,27H,4,6,8H2,1-3H3,(H,25,28)/t12-,13-/m0/s1. The lowest BCUT2D eigenvalue weighted by molar-refractivity contribution is -0.123. The first kappa shape index (κ1) is 21.0. The molecule has 2 atom stereocenters. The summed E-state index contributed by atoms with van der Waals surface area (Å²) in [5.41, 5.74) is 4.01. The minimum absolute atomic E-state index is 0.0182. The molecule has 31 heavy (non-hydrogen) atoms. The van der Waals surface area contributed by atoms with Gasteiger partial charge < -0.3 is 9.84 Å². The zero-order valence-corrected chi connectivity index (χ0v) is 18.4. The number of methoxy groups -OCH3 is 1. The topological polar surface area (TPSA) is 106 Å². The average molecular weight is 441 g/mol. The number of hydrogen-bond donors (Lipinski definition) is 2. The number of amides is 1. The maximum atomic E-state index is 13.2. The van der Waals surface area contributed by atoms with Crippen LogP contribution in [0.1, 0.15) is 42.3 Å². The summed E-state index contributed by atoms with van der Waals surface area (Å²) in [6.45, 7) is 3.87. The number of aromatic nitrogens is 2. The van der Waals surface area contributed by atoms with Gasteiger partial charge in [0.2, 0.25) is 0 Å². The number of benzene rings is 1. The van der Waals surface area contributed by atoms with Gasteiger partial charge in [0.05, 0.1) is 25.0 Å². The zero-order chi connectivity index (χ0) is 22.1. The second-order valence-electron chi connectivity index (χ2n) is 7.83. The van der Waals surface area contributed by atoms with Crippen LogP contribution in [0.15, 0.2) is 34.4 Å². The molecule has 0 bridgehead atoms. The van der Waals surface area contributed by atoms with Gasteiger partial charge in [-0.05, 0) is 61.4 Å². The summed E-state index contributed by atoms with van der Waals surface area (Å²) in [6.07, 6.45) is 5.78. The smallest absolute Gasteiger partial charge is 0.263 e. The van der Waals surface area contributed by atoms with Crippen LogP contribution in [0.25, 0.3) is 10.2 Å². The molecule has 2 heterocycles. The maximum absolute atomic E-state index is 13.2. The number of nitrogens with zero attached hydrogens (tertiary/aromatic N) is 3. The second kappa shape index (κ2) is 8.50. The third-order valence-electron chi connectivity index (χ3n) is 5.63. The molecule has 0 saturated carbocycles. The lowest BCUT2D eigenvalue weighted by Crippen LogP contribution is -2.34. The van der Waals surface area contributed by atoms with E-state index in [1.165, 1.54) is 35.2 Å². The molecule has 0 fully saturated rings. The third kappa shape index (κ3) is 4.05. The van der Waals surface area contributed by atoms with E-state index in [-0.39, 0.29) is 11.3 Å². The Labute approximate surface area is 183 Å². The highest BCUT2D eigenvalue weighted by Crippen LogP contribution is 2.35. The van der Waals surface area contributed by atoms with E-state index in [0.717, 1.165) is 29.7 Å². The number of carbonyl (C=O) groups is 1. The Morgan fingerprint density at radius 1 is 1.48 bits per heavy atom. The average Bonchev–Trinajstić information content (AvgIpc) is 3.12. The van der Waals surface area contributed by atoms with Crippen molar-refractivity contribution in [3.05, 3.63) is 50.9 Å². The number of fused-ring (bicyclic) bond motifs is 3. The number of nitrogens with one attached hydrogen (secondary N) is 1. The number of phenolic OH excluding ortho intramolecular Hbond substituents is 1. The monoisotopic (exact) mass is 440 g/mol. The van der Waals surface area contributed by atoms with Gasteiger partial charge in [0.25, 0.3) is 11.5 Å². The molecule has 4 rings (SSSR count). The first-order valence-electron chi connectivity index (χ1n) is 10.1. The Morgan fingerprint density at radius 2 is 2.29 bits per heavy atom.